The minimum atomic E-state index is -4.96. The molecule has 9 rings (SSSR count). The van der Waals surface area contributed by atoms with Crippen LogP contribution in [-0.2, 0) is 33.1 Å². The second-order valence-electron chi connectivity index (χ2n) is 17.4. The van der Waals surface area contributed by atoms with Gasteiger partial charge in [0.25, 0.3) is 0 Å². The van der Waals surface area contributed by atoms with E-state index in [0.717, 1.165) is 92.0 Å². The molecule has 0 atom stereocenters. The van der Waals surface area contributed by atoms with Gasteiger partial charge in [-0.15, -0.1) is 62.0 Å². The third kappa shape index (κ3) is 19.9. The van der Waals surface area contributed by atoms with Gasteiger partial charge in [0, 0.05) is 67.4 Å². The zero-order valence-electron chi connectivity index (χ0n) is 45.1. The summed E-state index contributed by atoms with van der Waals surface area (Å²) in [4.78, 5) is 3.12. The van der Waals surface area contributed by atoms with E-state index < -0.39 is 30.0 Å². The number of aryl methyl sites for hydroxylation is 5. The maximum absolute atomic E-state index is 11.5. The predicted octanol–water partition coefficient (Wildman–Crippen LogP) is 6.08. The molecular weight excluding hydrogens is 1180 g/mol. The van der Waals surface area contributed by atoms with Gasteiger partial charge in [0.2, 0.25) is 0 Å². The van der Waals surface area contributed by atoms with Gasteiger partial charge >= 0.3 is 59.1 Å². The molecule has 418 valence electrons. The van der Waals surface area contributed by atoms with Crippen molar-refractivity contribution < 1.29 is 85.1 Å². The van der Waals surface area contributed by atoms with E-state index in [9.17, 15) is 25.9 Å². The van der Waals surface area contributed by atoms with Crippen LogP contribution >= 0.6 is 62.0 Å². The van der Waals surface area contributed by atoms with Crippen LogP contribution in [0.25, 0.3) is 55.2 Å². The molecule has 0 bridgehead atoms. The molecular formula is C56H64Cl5N9Na2O6S2. The monoisotopic (exact) mass is 1240 g/mol. The Bertz CT molecular complexity index is 3580. The van der Waals surface area contributed by atoms with Gasteiger partial charge < -0.3 is 55.0 Å². The standard InChI is InChI=1S/C16H20N2.C14H16N2O6S2.C13H11N3.C13H14N2.5ClH.2Na/c1-3-11-9-13(5-7-15(11)17)14-6-8-16(18)12(4-2)10-14;1-7-3-9(13(5-11(7)15)23(17,18)19)10-4-8(2)12(16)6-14(10)24(20,21)22;14-10-3-1-8-5-9-2-4-11(15)7-13(9)16-12(8)6-10;1-9-8-11(4-7-13(9)15)10-2-5-12(14)6-3-10;;;;;;;/h5-10H,3-4,17-18H2,1-2H3;3-6H,15-16H2,1-2H3,(H,17,18,19)(H,20,21,22);1-7H,14-15H2;2-8H,14-15H2,1H3;5*1H;;/q;;;;;;;;;2*+1/p-2. The molecule has 0 unspecified atom stereocenters. The number of nitrogen functional groups attached to an aromatic ring is 8. The molecule has 80 heavy (non-hydrogen) atoms. The summed E-state index contributed by atoms with van der Waals surface area (Å²) in [5.74, 6) is 0. The zero-order chi connectivity index (χ0) is 53.5. The van der Waals surface area contributed by atoms with E-state index in [1.165, 1.54) is 39.9 Å². The van der Waals surface area contributed by atoms with Gasteiger partial charge in [-0.3, -0.25) is 0 Å². The molecule has 0 fully saturated rings. The van der Waals surface area contributed by atoms with Gasteiger partial charge in [0.15, 0.2) is 0 Å². The maximum atomic E-state index is 11.5. The van der Waals surface area contributed by atoms with Gasteiger partial charge in [0.1, 0.15) is 20.2 Å². The molecule has 1 aromatic heterocycles. The van der Waals surface area contributed by atoms with Crippen molar-refractivity contribution in [3.8, 4) is 33.4 Å². The third-order valence-electron chi connectivity index (χ3n) is 12.1. The summed E-state index contributed by atoms with van der Waals surface area (Å²) in [6, 6.07) is 44.3. The second-order valence-corrected chi connectivity index (χ2v) is 20.1. The molecule has 0 amide bonds. The first-order chi connectivity index (χ1) is 34.4. The Labute approximate surface area is 543 Å². The zero-order valence-corrected chi connectivity index (χ0v) is 54.9. The second kappa shape index (κ2) is 33.3. The fraction of sp³-hybridized carbons (Fsp3) is 0.125. The predicted molar refractivity (Wildman–Crippen MR) is 335 cm³/mol. The summed E-state index contributed by atoms with van der Waals surface area (Å²) in [6.45, 7) is 9.35. The molecule has 1 heterocycles. The third-order valence-corrected chi connectivity index (χ3v) is 13.9. The van der Waals surface area contributed by atoms with Crippen molar-refractivity contribution >= 4 is 150 Å². The molecule has 8 aromatic carbocycles. The Morgan fingerprint density at radius 2 is 0.700 bits per heavy atom. The van der Waals surface area contributed by atoms with Gasteiger partial charge in [-0.1, -0.05) is 56.3 Å². The molecule has 0 radical (unpaired) electrons. The minimum absolute atomic E-state index is 0. The number of nitrogens with zero attached hydrogens (tertiary/aromatic N) is 1. The first-order valence-electron chi connectivity index (χ1n) is 22.9. The Morgan fingerprint density at radius 1 is 0.375 bits per heavy atom. The summed E-state index contributed by atoms with van der Waals surface area (Å²) in [7, 11) is -9.93. The number of rotatable bonds is 7. The van der Waals surface area contributed by atoms with E-state index in [1.54, 1.807) is 13.8 Å². The number of nitrogens with two attached hydrogens (primary N) is 8. The Kier molecular flexibility index (Phi) is 32.1. The van der Waals surface area contributed by atoms with E-state index in [4.69, 9.17) is 45.9 Å². The molecule has 0 saturated heterocycles. The normalized spacial score (nSPS) is 10.2. The van der Waals surface area contributed by atoms with Crippen LogP contribution in [0.2, 0.25) is 0 Å². The number of anilines is 8. The first-order valence-corrected chi connectivity index (χ1v) is 25.8. The molecule has 15 nitrogen and oxygen atoms in total. The molecule has 0 saturated carbocycles. The fourth-order valence-corrected chi connectivity index (χ4v) is 9.23. The van der Waals surface area contributed by atoms with Crippen molar-refractivity contribution in [2.24, 2.45) is 0 Å². The number of pyridine rings is 1. The Hall–Kier alpha value is -4.90. The van der Waals surface area contributed by atoms with Crippen molar-refractivity contribution in [2.45, 2.75) is 57.3 Å². The van der Waals surface area contributed by atoms with Crippen LogP contribution < -0.4 is 105 Å². The topological polar surface area (TPSA) is 335 Å². The van der Waals surface area contributed by atoms with E-state index in [1.807, 2.05) is 91.9 Å². The fourth-order valence-electron chi connectivity index (χ4n) is 7.81. The summed E-state index contributed by atoms with van der Waals surface area (Å²) in [5, 5.41) is 2.18. The Morgan fingerprint density at radius 3 is 1.05 bits per heavy atom. The van der Waals surface area contributed by atoms with Gasteiger partial charge in [0.05, 0.1) is 20.8 Å². The van der Waals surface area contributed by atoms with E-state index in [0.29, 0.717) is 11.1 Å². The van der Waals surface area contributed by atoms with Crippen molar-refractivity contribution in [2.75, 3.05) is 45.9 Å². The number of hydrogen-bond acceptors (Lipinski definition) is 15. The van der Waals surface area contributed by atoms with Crippen LogP contribution in [0.4, 0.5) is 45.5 Å². The number of halogens is 5. The van der Waals surface area contributed by atoms with Crippen molar-refractivity contribution in [1.82, 2.24) is 4.98 Å². The van der Waals surface area contributed by atoms with E-state index in [-0.39, 0.29) is 144 Å². The van der Waals surface area contributed by atoms with E-state index in [2.05, 4.69) is 55.2 Å². The van der Waals surface area contributed by atoms with Crippen LogP contribution in [0, 0.1) is 20.8 Å². The first kappa shape index (κ1) is 77.2. The maximum Gasteiger partial charge on any atom is 1.00 e. The van der Waals surface area contributed by atoms with Crippen LogP contribution in [0.15, 0.2) is 155 Å². The smallest absolute Gasteiger partial charge is 0.744 e. The molecule has 0 aliphatic heterocycles. The number of aromatic nitrogens is 1. The largest absolute Gasteiger partial charge is 1.00 e. The molecule has 9 aromatic rings. The van der Waals surface area contributed by atoms with Gasteiger partial charge in [-0.25, -0.2) is 21.8 Å². The van der Waals surface area contributed by atoms with Crippen molar-refractivity contribution in [3.05, 3.63) is 173 Å². The summed E-state index contributed by atoms with van der Waals surface area (Å²) in [5.41, 5.74) is 61.4. The molecule has 16 N–H and O–H groups in total. The van der Waals surface area contributed by atoms with Gasteiger partial charge in [-0.2, -0.15) is 0 Å². The minimum Gasteiger partial charge on any atom is -0.744 e. The number of benzene rings is 8. The Balaban J connectivity index is 0. The average molecular weight is 1250 g/mol. The van der Waals surface area contributed by atoms with Crippen LogP contribution in [0.5, 0.6) is 0 Å². The van der Waals surface area contributed by atoms with Gasteiger partial charge in [-0.05, 0) is 187 Å². The summed E-state index contributed by atoms with van der Waals surface area (Å²) < 4.78 is 69.2. The number of fused-ring (bicyclic) bond motifs is 2. The van der Waals surface area contributed by atoms with E-state index >= 15 is 0 Å². The van der Waals surface area contributed by atoms with Crippen LogP contribution in [0.1, 0.15) is 41.7 Å². The summed E-state index contributed by atoms with van der Waals surface area (Å²) in [6.07, 6.45) is 1.91. The van der Waals surface area contributed by atoms with Crippen molar-refractivity contribution in [3.63, 3.8) is 0 Å². The quantitative estimate of drug-likeness (QED) is 0.0388. The molecule has 24 heteroatoms. The summed E-state index contributed by atoms with van der Waals surface area (Å²) >= 11 is 0. The molecule has 0 aliphatic rings. The van der Waals surface area contributed by atoms with Crippen LogP contribution in [0.3, 0.4) is 0 Å². The van der Waals surface area contributed by atoms with Crippen LogP contribution in [-0.4, -0.2) is 30.9 Å². The molecule has 0 aliphatic carbocycles. The molecule has 0 spiro atoms. The number of hydrogen-bond donors (Lipinski definition) is 8. The average Bonchev–Trinajstić information content (AvgIpc) is 3.34. The SMILES string of the molecule is CCc1cc(-c2ccc(N)c(CC)c2)ccc1N.Cc1cc(-c2cc(C)c(N)cc2S(=O)(=O)[O-])c(S(=O)(=O)[O-])cc1N.Cc1cc(-c2ccc(N)cc2)ccc1N.Cl.Cl.Cl.Cl.Cl.Nc1ccc2cc3ccc(N)cc3nc2c1.[Na+].[Na+]. The van der Waals surface area contributed by atoms with Crippen molar-refractivity contribution in [1.29, 1.82) is 0 Å².